The van der Waals surface area contributed by atoms with Crippen LogP contribution in [0, 0.1) is 6.92 Å². The smallest absolute Gasteiger partial charge is 0.194 e. The second-order valence-electron chi connectivity index (χ2n) is 5.24. The van der Waals surface area contributed by atoms with E-state index in [1.807, 2.05) is 25.4 Å². The normalized spacial score (nSPS) is 11.4. The van der Waals surface area contributed by atoms with Crippen LogP contribution in [-0.2, 0) is 13.1 Å². The van der Waals surface area contributed by atoms with Gasteiger partial charge in [0.1, 0.15) is 10.8 Å². The zero-order valence-corrected chi connectivity index (χ0v) is 15.0. The first-order chi connectivity index (χ1) is 11.1. The molecule has 0 fully saturated rings. The Hall–Kier alpha value is -2.08. The van der Waals surface area contributed by atoms with Gasteiger partial charge < -0.3 is 15.0 Å². The molecule has 23 heavy (non-hydrogen) atoms. The standard InChI is InChI=1S/C17H24N4OS/c1-5-18-17(20-11-16-19-10-13(2)23-16)21(3)12-14-6-8-15(22-4)9-7-14/h6-10H,5,11-12H2,1-4H3,(H,18,20). The molecule has 0 radical (unpaired) electrons. The van der Waals surface area contributed by atoms with Gasteiger partial charge in [0.2, 0.25) is 0 Å². The Morgan fingerprint density at radius 3 is 2.65 bits per heavy atom. The van der Waals surface area contributed by atoms with Crippen molar-refractivity contribution < 1.29 is 4.74 Å². The molecule has 124 valence electrons. The number of hydrogen-bond donors (Lipinski definition) is 1. The zero-order valence-electron chi connectivity index (χ0n) is 14.2. The van der Waals surface area contributed by atoms with Crippen LogP contribution in [0.2, 0.25) is 0 Å². The Kier molecular flexibility index (Phi) is 6.40. The summed E-state index contributed by atoms with van der Waals surface area (Å²) < 4.78 is 5.19. The van der Waals surface area contributed by atoms with E-state index in [4.69, 9.17) is 4.74 Å². The van der Waals surface area contributed by atoms with E-state index >= 15 is 0 Å². The van der Waals surface area contributed by atoms with Crippen molar-refractivity contribution in [3.8, 4) is 5.75 Å². The van der Waals surface area contributed by atoms with Crippen LogP contribution in [0.4, 0.5) is 0 Å². The highest BCUT2D eigenvalue weighted by molar-refractivity contribution is 7.11. The van der Waals surface area contributed by atoms with Crippen molar-refractivity contribution in [3.63, 3.8) is 0 Å². The third-order valence-corrected chi connectivity index (χ3v) is 4.21. The Morgan fingerprint density at radius 1 is 1.35 bits per heavy atom. The average molecular weight is 332 g/mol. The van der Waals surface area contributed by atoms with Gasteiger partial charge in [0, 0.05) is 31.2 Å². The fourth-order valence-corrected chi connectivity index (χ4v) is 2.88. The molecule has 0 bridgehead atoms. The number of hydrogen-bond acceptors (Lipinski definition) is 4. The van der Waals surface area contributed by atoms with E-state index in [2.05, 4.69) is 46.2 Å². The SMILES string of the molecule is CCNC(=NCc1ncc(C)s1)N(C)Cc1ccc(OC)cc1. The van der Waals surface area contributed by atoms with Gasteiger partial charge in [-0.3, -0.25) is 0 Å². The van der Waals surface area contributed by atoms with Gasteiger partial charge in [0.05, 0.1) is 13.7 Å². The first kappa shape index (κ1) is 17.3. The molecule has 1 heterocycles. The van der Waals surface area contributed by atoms with Crippen LogP contribution in [0.15, 0.2) is 35.5 Å². The van der Waals surface area contributed by atoms with Gasteiger partial charge in [0.15, 0.2) is 5.96 Å². The zero-order chi connectivity index (χ0) is 16.7. The molecule has 5 nitrogen and oxygen atoms in total. The van der Waals surface area contributed by atoms with E-state index < -0.39 is 0 Å². The summed E-state index contributed by atoms with van der Waals surface area (Å²) in [5.74, 6) is 1.76. The fourth-order valence-electron chi connectivity index (χ4n) is 2.17. The third-order valence-electron chi connectivity index (χ3n) is 3.31. The van der Waals surface area contributed by atoms with Gasteiger partial charge in [-0.25, -0.2) is 9.98 Å². The Balaban J connectivity index is 2.02. The van der Waals surface area contributed by atoms with Crippen molar-refractivity contribution in [3.05, 3.63) is 45.9 Å². The molecule has 0 aliphatic heterocycles. The van der Waals surface area contributed by atoms with Crippen LogP contribution in [0.1, 0.15) is 22.4 Å². The van der Waals surface area contributed by atoms with Crippen LogP contribution < -0.4 is 10.1 Å². The van der Waals surface area contributed by atoms with E-state index in [1.165, 1.54) is 10.4 Å². The molecule has 2 aromatic rings. The largest absolute Gasteiger partial charge is 0.497 e. The number of rotatable bonds is 6. The van der Waals surface area contributed by atoms with Gasteiger partial charge in [-0.05, 0) is 31.5 Å². The molecular formula is C17H24N4OS. The minimum absolute atomic E-state index is 0.605. The van der Waals surface area contributed by atoms with Gasteiger partial charge in [-0.15, -0.1) is 11.3 Å². The van der Waals surface area contributed by atoms with Gasteiger partial charge in [-0.2, -0.15) is 0 Å². The second-order valence-corrected chi connectivity index (χ2v) is 6.56. The number of nitrogens with zero attached hydrogens (tertiary/aromatic N) is 3. The van der Waals surface area contributed by atoms with E-state index in [0.717, 1.165) is 29.8 Å². The maximum absolute atomic E-state index is 5.19. The molecule has 1 N–H and O–H groups in total. The molecule has 2 rings (SSSR count). The van der Waals surface area contributed by atoms with Crippen molar-refractivity contribution in [1.29, 1.82) is 0 Å². The van der Waals surface area contributed by atoms with Crippen LogP contribution in [0.5, 0.6) is 5.75 Å². The third kappa shape index (κ3) is 5.25. The van der Waals surface area contributed by atoms with Gasteiger partial charge in [0.25, 0.3) is 0 Å². The average Bonchev–Trinajstić information content (AvgIpc) is 2.97. The maximum Gasteiger partial charge on any atom is 0.194 e. The van der Waals surface area contributed by atoms with Crippen LogP contribution >= 0.6 is 11.3 Å². The molecule has 0 aliphatic rings. The van der Waals surface area contributed by atoms with Crippen LogP contribution in [-0.4, -0.2) is 36.5 Å². The number of nitrogens with one attached hydrogen (secondary N) is 1. The molecule has 1 aromatic carbocycles. The highest BCUT2D eigenvalue weighted by Gasteiger charge is 2.07. The second kappa shape index (κ2) is 8.53. The summed E-state index contributed by atoms with van der Waals surface area (Å²) in [4.78, 5) is 12.4. The van der Waals surface area contributed by atoms with E-state index in [0.29, 0.717) is 6.54 Å². The van der Waals surface area contributed by atoms with Crippen molar-refractivity contribution >= 4 is 17.3 Å². The summed E-state index contributed by atoms with van der Waals surface area (Å²) in [5.41, 5.74) is 1.21. The van der Waals surface area contributed by atoms with E-state index in [1.54, 1.807) is 18.4 Å². The lowest BCUT2D eigenvalue weighted by molar-refractivity contribution is 0.414. The Bertz CT molecular complexity index is 636. The first-order valence-corrected chi connectivity index (χ1v) is 8.47. The van der Waals surface area contributed by atoms with E-state index in [9.17, 15) is 0 Å². The highest BCUT2D eigenvalue weighted by atomic mass is 32.1. The molecular weight excluding hydrogens is 308 g/mol. The van der Waals surface area contributed by atoms with Crippen LogP contribution in [0.25, 0.3) is 0 Å². The lowest BCUT2D eigenvalue weighted by Crippen LogP contribution is -2.38. The summed E-state index contributed by atoms with van der Waals surface area (Å²) in [6, 6.07) is 8.10. The number of aryl methyl sites for hydroxylation is 1. The van der Waals surface area contributed by atoms with Crippen LogP contribution in [0.3, 0.4) is 0 Å². The summed E-state index contributed by atoms with van der Waals surface area (Å²) >= 11 is 1.69. The molecule has 0 aliphatic carbocycles. The summed E-state index contributed by atoms with van der Waals surface area (Å²) in [6.45, 7) is 6.36. The van der Waals surface area contributed by atoms with Crippen molar-refractivity contribution in [2.75, 3.05) is 20.7 Å². The molecule has 0 atom stereocenters. The van der Waals surface area contributed by atoms with E-state index in [-0.39, 0.29) is 0 Å². The molecule has 0 unspecified atom stereocenters. The number of guanidine groups is 1. The van der Waals surface area contributed by atoms with Crippen molar-refractivity contribution in [2.45, 2.75) is 26.9 Å². The number of ether oxygens (including phenoxy) is 1. The quantitative estimate of drug-likeness (QED) is 0.652. The topological polar surface area (TPSA) is 49.8 Å². The first-order valence-electron chi connectivity index (χ1n) is 7.66. The summed E-state index contributed by atoms with van der Waals surface area (Å²) in [5, 5.41) is 4.37. The molecule has 6 heteroatoms. The minimum atomic E-state index is 0.605. The fraction of sp³-hybridized carbons (Fsp3) is 0.412. The molecule has 0 saturated heterocycles. The Morgan fingerprint density at radius 2 is 2.09 bits per heavy atom. The highest BCUT2D eigenvalue weighted by Crippen LogP contribution is 2.14. The number of methoxy groups -OCH3 is 1. The summed E-state index contributed by atoms with van der Waals surface area (Å²) in [7, 11) is 3.72. The predicted molar refractivity (Wildman–Crippen MR) is 96.1 cm³/mol. The number of benzene rings is 1. The predicted octanol–water partition coefficient (Wildman–Crippen LogP) is 3.06. The number of aliphatic imine (C=N–C) groups is 1. The lowest BCUT2D eigenvalue weighted by atomic mass is 10.2. The number of thiazole rings is 1. The Labute approximate surface area is 142 Å². The maximum atomic E-state index is 5.19. The molecule has 0 spiro atoms. The molecule has 0 amide bonds. The monoisotopic (exact) mass is 332 g/mol. The van der Waals surface area contributed by atoms with Gasteiger partial charge in [-0.1, -0.05) is 12.1 Å². The molecule has 1 aromatic heterocycles. The van der Waals surface area contributed by atoms with Crippen molar-refractivity contribution in [1.82, 2.24) is 15.2 Å². The minimum Gasteiger partial charge on any atom is -0.497 e. The number of aromatic nitrogens is 1. The molecule has 0 saturated carbocycles. The lowest BCUT2D eigenvalue weighted by Gasteiger charge is -2.22. The van der Waals surface area contributed by atoms with Gasteiger partial charge >= 0.3 is 0 Å². The summed E-state index contributed by atoms with van der Waals surface area (Å²) in [6.07, 6.45) is 1.89. The van der Waals surface area contributed by atoms with Crippen molar-refractivity contribution in [2.24, 2.45) is 4.99 Å².